The lowest BCUT2D eigenvalue weighted by Crippen LogP contribution is -2.16. The molecule has 5 heteroatoms. The van der Waals surface area contributed by atoms with Crippen molar-refractivity contribution >= 4 is 29.0 Å². The average molecular weight is 354 g/mol. The Hall–Kier alpha value is -2.98. The van der Waals surface area contributed by atoms with E-state index >= 15 is 0 Å². The molecule has 0 unspecified atom stereocenters. The highest BCUT2D eigenvalue weighted by Gasteiger charge is 2.20. The molecule has 0 atom stereocenters. The van der Waals surface area contributed by atoms with E-state index in [0.29, 0.717) is 5.56 Å². The molecule has 0 aromatic heterocycles. The summed E-state index contributed by atoms with van der Waals surface area (Å²) >= 11 is 6.19. The largest absolute Gasteiger partial charge is 0.321 e. The van der Waals surface area contributed by atoms with Crippen LogP contribution in [0.4, 0.5) is 10.1 Å². The number of nitrogens with one attached hydrogen (secondary N) is 1. The van der Waals surface area contributed by atoms with Crippen molar-refractivity contribution in [1.29, 1.82) is 0 Å². The highest BCUT2D eigenvalue weighted by molar-refractivity contribution is 6.36. The minimum atomic E-state index is -0.650. The van der Waals surface area contributed by atoms with Crippen LogP contribution in [0.5, 0.6) is 0 Å². The number of carbonyl (C=O) groups excluding carboxylic acids is 2. The summed E-state index contributed by atoms with van der Waals surface area (Å²) in [4.78, 5) is 25.1. The van der Waals surface area contributed by atoms with E-state index in [1.165, 1.54) is 18.2 Å². The zero-order valence-corrected chi connectivity index (χ0v) is 13.8. The summed E-state index contributed by atoms with van der Waals surface area (Å²) in [5.41, 5.74) is 0.729. The molecule has 0 saturated carbocycles. The van der Waals surface area contributed by atoms with Crippen molar-refractivity contribution in [3.63, 3.8) is 0 Å². The van der Waals surface area contributed by atoms with Gasteiger partial charge in [0, 0.05) is 5.56 Å². The second kappa shape index (κ2) is 7.28. The Morgan fingerprint density at radius 1 is 0.840 bits per heavy atom. The fraction of sp³-hybridized carbons (Fsp3) is 0. The van der Waals surface area contributed by atoms with Crippen molar-refractivity contribution in [1.82, 2.24) is 0 Å². The van der Waals surface area contributed by atoms with Crippen LogP contribution >= 0.6 is 11.6 Å². The first kappa shape index (κ1) is 16.9. The van der Waals surface area contributed by atoms with Gasteiger partial charge in [-0.05, 0) is 24.3 Å². The zero-order chi connectivity index (χ0) is 17.8. The topological polar surface area (TPSA) is 46.2 Å². The molecule has 25 heavy (non-hydrogen) atoms. The van der Waals surface area contributed by atoms with Crippen molar-refractivity contribution in [2.45, 2.75) is 0 Å². The summed E-state index contributed by atoms with van der Waals surface area (Å²) in [6, 6.07) is 19.0. The van der Waals surface area contributed by atoms with E-state index in [4.69, 9.17) is 11.6 Å². The standard InChI is InChI=1S/C20H13ClFNO2/c21-15-10-6-12-17(18(15)19(24)13-7-2-1-3-8-13)23-20(25)14-9-4-5-11-16(14)22/h1-12H,(H,23,25). The van der Waals surface area contributed by atoms with Crippen molar-refractivity contribution < 1.29 is 14.0 Å². The molecule has 1 amide bonds. The van der Waals surface area contributed by atoms with Crippen molar-refractivity contribution in [2.75, 3.05) is 5.32 Å². The van der Waals surface area contributed by atoms with E-state index in [2.05, 4.69) is 5.32 Å². The first-order chi connectivity index (χ1) is 12.1. The molecular weight excluding hydrogens is 341 g/mol. The lowest BCUT2D eigenvalue weighted by Gasteiger charge is -2.12. The fourth-order valence-electron chi connectivity index (χ4n) is 2.43. The van der Waals surface area contributed by atoms with Gasteiger partial charge in [-0.2, -0.15) is 0 Å². The molecule has 0 saturated heterocycles. The van der Waals surface area contributed by atoms with Crippen molar-refractivity contribution in [3.05, 3.63) is 100 Å². The first-order valence-electron chi connectivity index (χ1n) is 7.52. The average Bonchev–Trinajstić information content (AvgIpc) is 2.62. The van der Waals surface area contributed by atoms with E-state index in [0.717, 1.165) is 0 Å². The predicted molar refractivity (Wildman–Crippen MR) is 95.7 cm³/mol. The predicted octanol–water partition coefficient (Wildman–Crippen LogP) is 4.96. The second-order valence-electron chi connectivity index (χ2n) is 5.29. The molecule has 0 aliphatic carbocycles. The number of amides is 1. The van der Waals surface area contributed by atoms with Crippen molar-refractivity contribution in [3.8, 4) is 0 Å². The van der Waals surface area contributed by atoms with Gasteiger partial charge in [0.2, 0.25) is 0 Å². The molecule has 0 spiro atoms. The highest BCUT2D eigenvalue weighted by Crippen LogP contribution is 2.28. The Morgan fingerprint density at radius 3 is 2.24 bits per heavy atom. The monoisotopic (exact) mass is 353 g/mol. The molecule has 3 aromatic carbocycles. The number of hydrogen-bond acceptors (Lipinski definition) is 2. The molecule has 0 heterocycles. The third-order valence-corrected chi connectivity index (χ3v) is 3.96. The smallest absolute Gasteiger partial charge is 0.258 e. The normalized spacial score (nSPS) is 10.3. The maximum atomic E-state index is 13.8. The third-order valence-electron chi connectivity index (χ3n) is 3.64. The first-order valence-corrected chi connectivity index (χ1v) is 7.90. The van der Waals surface area contributed by atoms with Crippen LogP contribution in [0.2, 0.25) is 5.02 Å². The summed E-state index contributed by atoms with van der Waals surface area (Å²) in [5, 5.41) is 2.78. The Morgan fingerprint density at radius 2 is 1.52 bits per heavy atom. The Kier molecular flexibility index (Phi) is 4.91. The lowest BCUT2D eigenvalue weighted by atomic mass is 10.0. The number of hydrogen-bond donors (Lipinski definition) is 1. The Balaban J connectivity index is 1.98. The summed E-state index contributed by atoms with van der Waals surface area (Å²) < 4.78 is 13.8. The minimum absolute atomic E-state index is 0.111. The molecule has 0 aliphatic heterocycles. The maximum Gasteiger partial charge on any atom is 0.258 e. The Labute approximate surface area is 149 Å². The van der Waals surface area contributed by atoms with Gasteiger partial charge in [-0.1, -0.05) is 60.1 Å². The van der Waals surface area contributed by atoms with Gasteiger partial charge in [-0.3, -0.25) is 9.59 Å². The van der Waals surface area contributed by atoms with Gasteiger partial charge in [0.15, 0.2) is 5.78 Å². The number of rotatable bonds is 4. The van der Waals surface area contributed by atoms with Gasteiger partial charge < -0.3 is 5.32 Å². The SMILES string of the molecule is O=C(Nc1cccc(Cl)c1C(=O)c1ccccc1)c1ccccc1F. The van der Waals surface area contributed by atoms with Crippen LogP contribution in [0.25, 0.3) is 0 Å². The highest BCUT2D eigenvalue weighted by atomic mass is 35.5. The summed E-state index contributed by atoms with van der Waals surface area (Å²) in [6.07, 6.45) is 0. The van der Waals surface area contributed by atoms with Gasteiger partial charge in [0.25, 0.3) is 5.91 Å². The maximum absolute atomic E-state index is 13.8. The second-order valence-corrected chi connectivity index (χ2v) is 5.70. The fourth-order valence-corrected chi connectivity index (χ4v) is 2.69. The van der Waals surface area contributed by atoms with E-state index in [1.54, 1.807) is 54.6 Å². The minimum Gasteiger partial charge on any atom is -0.321 e. The molecule has 124 valence electrons. The number of benzene rings is 3. The molecule has 1 N–H and O–H groups in total. The van der Waals surface area contributed by atoms with Crippen LogP contribution in [0.3, 0.4) is 0 Å². The van der Waals surface area contributed by atoms with Crippen LogP contribution in [-0.4, -0.2) is 11.7 Å². The van der Waals surface area contributed by atoms with Gasteiger partial charge in [-0.15, -0.1) is 0 Å². The van der Waals surface area contributed by atoms with Crippen LogP contribution in [0.15, 0.2) is 72.8 Å². The van der Waals surface area contributed by atoms with E-state index in [1.807, 2.05) is 0 Å². The van der Waals surface area contributed by atoms with Crippen LogP contribution in [0.1, 0.15) is 26.3 Å². The number of ketones is 1. The van der Waals surface area contributed by atoms with E-state index < -0.39 is 11.7 Å². The quantitative estimate of drug-likeness (QED) is 0.674. The molecule has 0 radical (unpaired) electrons. The summed E-state index contributed by atoms with van der Waals surface area (Å²) in [6.45, 7) is 0. The molecule has 0 aliphatic rings. The third kappa shape index (κ3) is 3.59. The zero-order valence-electron chi connectivity index (χ0n) is 13.0. The van der Waals surface area contributed by atoms with Crippen LogP contribution < -0.4 is 5.32 Å². The summed E-state index contributed by atoms with van der Waals surface area (Å²) in [5.74, 6) is -1.62. The molecule has 3 nitrogen and oxygen atoms in total. The van der Waals surface area contributed by atoms with Crippen molar-refractivity contribution in [2.24, 2.45) is 0 Å². The van der Waals surface area contributed by atoms with Crippen LogP contribution in [-0.2, 0) is 0 Å². The van der Waals surface area contributed by atoms with E-state index in [-0.39, 0.29) is 27.6 Å². The van der Waals surface area contributed by atoms with Crippen LogP contribution in [0, 0.1) is 5.82 Å². The number of halogens is 2. The lowest BCUT2D eigenvalue weighted by molar-refractivity contribution is 0.102. The molecule has 3 aromatic rings. The summed E-state index contributed by atoms with van der Waals surface area (Å²) in [7, 11) is 0. The number of anilines is 1. The molecule has 0 fully saturated rings. The van der Waals surface area contributed by atoms with Gasteiger partial charge >= 0.3 is 0 Å². The number of carbonyl (C=O) groups is 2. The molecular formula is C20H13ClFNO2. The van der Waals surface area contributed by atoms with E-state index in [9.17, 15) is 14.0 Å². The van der Waals surface area contributed by atoms with Gasteiger partial charge in [-0.25, -0.2) is 4.39 Å². The van der Waals surface area contributed by atoms with Gasteiger partial charge in [0.1, 0.15) is 5.82 Å². The van der Waals surface area contributed by atoms with Gasteiger partial charge in [0.05, 0.1) is 21.8 Å². The molecule has 0 bridgehead atoms. The Bertz CT molecular complexity index is 941. The molecule has 3 rings (SSSR count).